The Labute approximate surface area is 218 Å². The first-order chi connectivity index (χ1) is 18.2. The normalized spacial score (nSPS) is 10.9. The van der Waals surface area contributed by atoms with E-state index < -0.39 is 0 Å². The summed E-state index contributed by atoms with van der Waals surface area (Å²) >= 11 is 0. The molecule has 4 rings (SSSR count). The Morgan fingerprint density at radius 2 is 1.62 bits per heavy atom. The molecule has 0 saturated carbocycles. The van der Waals surface area contributed by atoms with Crippen LogP contribution in [0.3, 0.4) is 0 Å². The van der Waals surface area contributed by atoms with Gasteiger partial charge in [-0.2, -0.15) is 0 Å². The van der Waals surface area contributed by atoms with Gasteiger partial charge in [-0.3, -0.25) is 4.79 Å². The summed E-state index contributed by atoms with van der Waals surface area (Å²) in [7, 11) is 3.26. The van der Waals surface area contributed by atoms with Crippen LogP contribution in [0.4, 0.5) is 0 Å². The zero-order valence-corrected chi connectivity index (χ0v) is 21.6. The Morgan fingerprint density at radius 1 is 0.838 bits per heavy atom. The lowest BCUT2D eigenvalue weighted by atomic mass is 10.1. The molecule has 194 valence electrons. The number of carbonyl (C=O) groups excluding carboxylic acids is 1. The lowest BCUT2D eigenvalue weighted by Gasteiger charge is -2.11. The maximum absolute atomic E-state index is 12.4. The van der Waals surface area contributed by atoms with Crippen LogP contribution in [0.1, 0.15) is 41.9 Å². The van der Waals surface area contributed by atoms with Crippen LogP contribution in [0.15, 0.2) is 72.8 Å². The number of hydrogen-bond acceptors (Lipinski definition) is 5. The van der Waals surface area contributed by atoms with E-state index in [1.807, 2.05) is 42.5 Å². The molecule has 7 heteroatoms. The van der Waals surface area contributed by atoms with Gasteiger partial charge >= 0.3 is 0 Å². The van der Waals surface area contributed by atoms with Crippen LogP contribution in [0.25, 0.3) is 11.0 Å². The van der Waals surface area contributed by atoms with Crippen molar-refractivity contribution in [3.05, 3.63) is 84.2 Å². The standard InChI is InChI=1S/C30H35N3O4/c1-35-24-15-17-25(18-16-24)37-21-9-20-33-28-13-6-5-12-27(28)32-29(33)14-4-3-7-19-31-30(34)23-10-8-11-26(22-23)36-2/h5-6,8,10-13,15-18,22H,3-4,7,9,14,19-21H2,1-2H3,(H,31,34). The van der Waals surface area contributed by atoms with Gasteiger partial charge in [-0.25, -0.2) is 4.98 Å². The minimum Gasteiger partial charge on any atom is -0.497 e. The highest BCUT2D eigenvalue weighted by Gasteiger charge is 2.11. The molecule has 4 aromatic rings. The molecule has 0 fully saturated rings. The van der Waals surface area contributed by atoms with Crippen LogP contribution in [0.5, 0.6) is 17.2 Å². The lowest BCUT2D eigenvalue weighted by molar-refractivity contribution is 0.0952. The van der Waals surface area contributed by atoms with Gasteiger partial charge < -0.3 is 24.1 Å². The van der Waals surface area contributed by atoms with Gasteiger partial charge in [-0.1, -0.05) is 24.6 Å². The fraction of sp³-hybridized carbons (Fsp3) is 0.333. The molecular formula is C30H35N3O4. The summed E-state index contributed by atoms with van der Waals surface area (Å²) in [4.78, 5) is 17.3. The van der Waals surface area contributed by atoms with Crippen molar-refractivity contribution in [2.45, 2.75) is 38.6 Å². The maximum atomic E-state index is 12.4. The molecule has 7 nitrogen and oxygen atoms in total. The number of hydrogen-bond donors (Lipinski definition) is 1. The number of aromatic nitrogens is 2. The van der Waals surface area contributed by atoms with Gasteiger partial charge in [-0.15, -0.1) is 0 Å². The largest absolute Gasteiger partial charge is 0.497 e. The second-order valence-corrected chi connectivity index (χ2v) is 8.84. The number of nitrogens with zero attached hydrogens (tertiary/aromatic N) is 2. The van der Waals surface area contributed by atoms with Crippen molar-refractivity contribution in [2.75, 3.05) is 27.4 Å². The molecule has 1 heterocycles. The van der Waals surface area contributed by atoms with Gasteiger partial charge in [0.1, 0.15) is 23.1 Å². The number of nitrogens with one attached hydrogen (secondary N) is 1. The SMILES string of the molecule is COc1ccc(OCCCn2c(CCCCCNC(=O)c3cccc(OC)c3)nc3ccccc32)cc1. The fourth-order valence-electron chi connectivity index (χ4n) is 4.30. The second kappa shape index (κ2) is 13.3. The lowest BCUT2D eigenvalue weighted by Crippen LogP contribution is -2.24. The minimum atomic E-state index is -0.0717. The average molecular weight is 502 g/mol. The number of benzene rings is 3. The molecule has 0 radical (unpaired) electrons. The van der Waals surface area contributed by atoms with E-state index in [0.29, 0.717) is 24.5 Å². The third-order valence-electron chi connectivity index (χ3n) is 6.28. The Kier molecular flexibility index (Phi) is 9.41. The predicted molar refractivity (Wildman–Crippen MR) is 146 cm³/mol. The zero-order chi connectivity index (χ0) is 25.9. The number of aryl methyl sites for hydroxylation is 2. The van der Waals surface area contributed by atoms with E-state index in [-0.39, 0.29) is 5.91 Å². The molecule has 0 spiro atoms. The number of amides is 1. The van der Waals surface area contributed by atoms with E-state index in [0.717, 1.165) is 67.0 Å². The molecule has 1 amide bonds. The van der Waals surface area contributed by atoms with Gasteiger partial charge in [0.2, 0.25) is 0 Å². The van der Waals surface area contributed by atoms with Crippen molar-refractivity contribution in [3.8, 4) is 17.2 Å². The highest BCUT2D eigenvalue weighted by molar-refractivity contribution is 5.94. The minimum absolute atomic E-state index is 0.0717. The van der Waals surface area contributed by atoms with E-state index in [2.05, 4.69) is 28.1 Å². The van der Waals surface area contributed by atoms with Gasteiger partial charge in [0.05, 0.1) is 31.9 Å². The average Bonchev–Trinajstić information content (AvgIpc) is 3.30. The van der Waals surface area contributed by atoms with Crippen molar-refractivity contribution in [2.24, 2.45) is 0 Å². The fourth-order valence-corrected chi connectivity index (χ4v) is 4.30. The van der Waals surface area contributed by atoms with Gasteiger partial charge in [0.25, 0.3) is 5.91 Å². The van der Waals surface area contributed by atoms with Gasteiger partial charge in [-0.05, 0) is 73.9 Å². The van der Waals surface area contributed by atoms with Crippen LogP contribution in [-0.2, 0) is 13.0 Å². The Morgan fingerprint density at radius 3 is 2.43 bits per heavy atom. The van der Waals surface area contributed by atoms with Crippen molar-refractivity contribution >= 4 is 16.9 Å². The molecule has 0 aliphatic heterocycles. The van der Waals surface area contributed by atoms with E-state index in [1.165, 1.54) is 0 Å². The van der Waals surface area contributed by atoms with Crippen molar-refractivity contribution in [3.63, 3.8) is 0 Å². The molecule has 0 aliphatic rings. The number of methoxy groups -OCH3 is 2. The smallest absolute Gasteiger partial charge is 0.251 e. The molecular weight excluding hydrogens is 466 g/mol. The molecule has 1 aromatic heterocycles. The highest BCUT2D eigenvalue weighted by Crippen LogP contribution is 2.20. The number of imidazole rings is 1. The third-order valence-corrected chi connectivity index (χ3v) is 6.28. The Hall–Kier alpha value is -4.00. The number of carbonyl (C=O) groups is 1. The number of para-hydroxylation sites is 2. The van der Waals surface area contributed by atoms with Crippen LogP contribution in [0.2, 0.25) is 0 Å². The molecule has 0 unspecified atom stereocenters. The summed E-state index contributed by atoms with van der Waals surface area (Å²) in [6, 6.07) is 23.1. The third kappa shape index (κ3) is 7.26. The number of ether oxygens (including phenoxy) is 3. The molecule has 0 saturated heterocycles. The Balaban J connectivity index is 1.23. The van der Waals surface area contributed by atoms with Crippen LogP contribution < -0.4 is 19.5 Å². The highest BCUT2D eigenvalue weighted by atomic mass is 16.5. The van der Waals surface area contributed by atoms with Gasteiger partial charge in [0, 0.05) is 25.1 Å². The number of fused-ring (bicyclic) bond motifs is 1. The van der Waals surface area contributed by atoms with E-state index in [1.54, 1.807) is 26.4 Å². The first-order valence-electron chi connectivity index (χ1n) is 12.8. The number of unbranched alkanes of at least 4 members (excludes halogenated alkanes) is 2. The summed E-state index contributed by atoms with van der Waals surface area (Å²) in [5.74, 6) is 3.38. The zero-order valence-electron chi connectivity index (χ0n) is 21.6. The molecule has 0 bridgehead atoms. The summed E-state index contributed by atoms with van der Waals surface area (Å²) < 4.78 is 18.6. The van der Waals surface area contributed by atoms with Crippen LogP contribution in [0, 0.1) is 0 Å². The summed E-state index contributed by atoms with van der Waals surface area (Å²) in [5, 5.41) is 3.00. The van der Waals surface area contributed by atoms with E-state index in [9.17, 15) is 4.79 Å². The topological polar surface area (TPSA) is 74.6 Å². The molecule has 0 atom stereocenters. The van der Waals surface area contributed by atoms with Crippen molar-refractivity contribution in [1.82, 2.24) is 14.9 Å². The Bertz CT molecular complexity index is 1280. The summed E-state index contributed by atoms with van der Waals surface area (Å²) in [6.45, 7) is 2.13. The monoisotopic (exact) mass is 501 g/mol. The van der Waals surface area contributed by atoms with Crippen LogP contribution >= 0.6 is 0 Å². The molecule has 3 aromatic carbocycles. The quantitative estimate of drug-likeness (QED) is 0.226. The predicted octanol–water partition coefficient (Wildman–Crippen LogP) is 5.67. The number of rotatable bonds is 14. The maximum Gasteiger partial charge on any atom is 0.251 e. The van der Waals surface area contributed by atoms with Crippen LogP contribution in [-0.4, -0.2) is 42.8 Å². The van der Waals surface area contributed by atoms with Gasteiger partial charge in [0.15, 0.2) is 0 Å². The first kappa shape index (κ1) is 26.1. The van der Waals surface area contributed by atoms with Crippen molar-refractivity contribution < 1.29 is 19.0 Å². The van der Waals surface area contributed by atoms with E-state index in [4.69, 9.17) is 19.2 Å². The molecule has 0 aliphatic carbocycles. The summed E-state index contributed by atoms with van der Waals surface area (Å²) in [5.41, 5.74) is 2.80. The molecule has 37 heavy (non-hydrogen) atoms. The molecule has 1 N–H and O–H groups in total. The van der Waals surface area contributed by atoms with E-state index >= 15 is 0 Å². The van der Waals surface area contributed by atoms with Crippen molar-refractivity contribution in [1.29, 1.82) is 0 Å². The summed E-state index contributed by atoms with van der Waals surface area (Å²) in [6.07, 6.45) is 4.74. The second-order valence-electron chi connectivity index (χ2n) is 8.84. The first-order valence-corrected chi connectivity index (χ1v) is 12.8.